The van der Waals surface area contributed by atoms with E-state index in [1.807, 2.05) is 0 Å². The molecule has 0 aromatic carbocycles. The first-order chi connectivity index (χ1) is 1.91. The van der Waals surface area contributed by atoms with Gasteiger partial charge in [-0.05, 0) is 0 Å². The number of hydrogen-bond donors (Lipinski definition) is 1. The standard InChI is InChI=1S/C2H6NO.Li/c1-3-4-2;/h3H,1H2,2H3;/q-1;+1. The van der Waals surface area contributed by atoms with Gasteiger partial charge in [-0.3, -0.25) is 7.05 Å². The maximum Gasteiger partial charge on any atom is 1.00 e. The zero-order chi connectivity index (χ0) is 3.41. The Morgan fingerprint density at radius 2 is 2.00 bits per heavy atom. The first-order valence-electron chi connectivity index (χ1n) is 0.966. The molecule has 0 aliphatic heterocycles. The van der Waals surface area contributed by atoms with Crippen molar-refractivity contribution in [1.29, 1.82) is 0 Å². The summed E-state index contributed by atoms with van der Waals surface area (Å²) in [5, 5.41) is 0. The molecule has 0 saturated carbocycles. The van der Waals surface area contributed by atoms with E-state index in [9.17, 15) is 0 Å². The summed E-state index contributed by atoms with van der Waals surface area (Å²) in [5.41, 5.74) is 2.18. The summed E-state index contributed by atoms with van der Waals surface area (Å²) in [6.45, 7) is 0. The van der Waals surface area contributed by atoms with Gasteiger partial charge in [-0.1, -0.05) is 0 Å². The molecule has 1 N–H and O–H groups in total. The van der Waals surface area contributed by atoms with E-state index in [0.29, 0.717) is 0 Å². The van der Waals surface area contributed by atoms with Gasteiger partial charge in [0, 0.05) is 0 Å². The van der Waals surface area contributed by atoms with Crippen LogP contribution in [0.3, 0.4) is 0 Å². The van der Waals surface area contributed by atoms with Crippen LogP contribution in [0.25, 0.3) is 0 Å². The minimum atomic E-state index is 0. The summed E-state index contributed by atoms with van der Waals surface area (Å²) in [6, 6.07) is 0. The number of hydroxylamine groups is 1. The van der Waals surface area contributed by atoms with Gasteiger partial charge in [0.2, 0.25) is 0 Å². The zero-order valence-electron chi connectivity index (χ0n) is 3.62. The Bertz CT molecular complexity index is 11.6. The quantitative estimate of drug-likeness (QED) is 0.200. The first-order valence-corrected chi connectivity index (χ1v) is 0.966. The molecule has 0 aliphatic carbocycles. The van der Waals surface area contributed by atoms with Gasteiger partial charge in [0.15, 0.2) is 0 Å². The summed E-state index contributed by atoms with van der Waals surface area (Å²) in [7, 11) is 4.64. The van der Waals surface area contributed by atoms with Crippen LogP contribution >= 0.6 is 0 Å². The summed E-state index contributed by atoms with van der Waals surface area (Å²) in [5.74, 6) is 0. The molecule has 0 aromatic heterocycles. The predicted octanol–water partition coefficient (Wildman–Crippen LogP) is -3.07. The van der Waals surface area contributed by atoms with E-state index in [1.54, 1.807) is 0 Å². The summed E-state index contributed by atoms with van der Waals surface area (Å²) in [6.07, 6.45) is 0. The van der Waals surface area contributed by atoms with Crippen LogP contribution in [0.5, 0.6) is 0 Å². The topological polar surface area (TPSA) is 21.3 Å². The largest absolute Gasteiger partial charge is 1.00 e. The molecule has 26 valence electrons. The molecule has 2 nitrogen and oxygen atoms in total. The summed E-state index contributed by atoms with van der Waals surface area (Å²) >= 11 is 0. The second-order valence-corrected chi connectivity index (χ2v) is 0.348. The van der Waals surface area contributed by atoms with Gasteiger partial charge in [0.05, 0.1) is 7.11 Å². The molecule has 0 aromatic rings. The van der Waals surface area contributed by atoms with Crippen LogP contribution in [0.2, 0.25) is 0 Å². The fraction of sp³-hybridized carbons (Fsp3) is 0.500. The Morgan fingerprint density at radius 3 is 2.00 bits per heavy atom. The van der Waals surface area contributed by atoms with Gasteiger partial charge in [-0.2, -0.15) is 0 Å². The third-order valence-corrected chi connectivity index (χ3v) is 0.144. The maximum atomic E-state index is 4.18. The van der Waals surface area contributed by atoms with Gasteiger partial charge in [0.1, 0.15) is 0 Å². The van der Waals surface area contributed by atoms with Crippen LogP contribution in [0.15, 0.2) is 0 Å². The molecular weight excluding hydrogens is 61.0 g/mol. The predicted molar refractivity (Wildman–Crippen MR) is 15.5 cm³/mol. The Hall–Kier alpha value is 0.517. The smallest absolute Gasteiger partial charge is 0.354 e. The zero-order valence-corrected chi connectivity index (χ0v) is 3.62. The second kappa shape index (κ2) is 8.82. The first kappa shape index (κ1) is 9.10. The van der Waals surface area contributed by atoms with E-state index in [4.69, 9.17) is 0 Å². The van der Waals surface area contributed by atoms with Crippen molar-refractivity contribution in [2.75, 3.05) is 7.11 Å². The van der Waals surface area contributed by atoms with Gasteiger partial charge in [-0.15, -0.1) is 0 Å². The molecule has 0 rings (SSSR count). The van der Waals surface area contributed by atoms with Gasteiger partial charge in [0.25, 0.3) is 0 Å². The van der Waals surface area contributed by atoms with E-state index in [-0.39, 0.29) is 18.9 Å². The van der Waals surface area contributed by atoms with Crippen molar-refractivity contribution in [2.45, 2.75) is 0 Å². The fourth-order valence-electron chi connectivity index (χ4n) is 0. The van der Waals surface area contributed by atoms with Crippen molar-refractivity contribution < 1.29 is 23.7 Å². The van der Waals surface area contributed by atoms with Crippen molar-refractivity contribution in [3.63, 3.8) is 0 Å². The number of rotatable bonds is 1. The molecule has 0 amide bonds. The van der Waals surface area contributed by atoms with Crippen molar-refractivity contribution in [3.05, 3.63) is 7.05 Å². The Labute approximate surface area is 44.0 Å². The molecule has 0 heterocycles. The molecule has 0 bridgehead atoms. The van der Waals surface area contributed by atoms with Crippen molar-refractivity contribution >= 4 is 0 Å². The fourth-order valence-corrected chi connectivity index (χ4v) is 0. The van der Waals surface area contributed by atoms with Crippen LogP contribution in [0.4, 0.5) is 0 Å². The molecule has 0 radical (unpaired) electrons. The van der Waals surface area contributed by atoms with E-state index in [0.717, 1.165) is 0 Å². The van der Waals surface area contributed by atoms with Crippen LogP contribution in [0, 0.1) is 7.05 Å². The second-order valence-electron chi connectivity index (χ2n) is 0.348. The minimum absolute atomic E-state index is 0. The number of nitrogens with one attached hydrogen (secondary N) is 1. The van der Waals surface area contributed by atoms with Gasteiger partial charge < -0.3 is 10.3 Å². The summed E-state index contributed by atoms with van der Waals surface area (Å²) in [4.78, 5) is 4.18. The van der Waals surface area contributed by atoms with Crippen molar-refractivity contribution in [2.24, 2.45) is 0 Å². The molecule has 0 spiro atoms. The Morgan fingerprint density at radius 1 is 1.80 bits per heavy atom. The van der Waals surface area contributed by atoms with Gasteiger partial charge in [-0.25, -0.2) is 0 Å². The van der Waals surface area contributed by atoms with Crippen LogP contribution in [-0.2, 0) is 4.84 Å². The van der Waals surface area contributed by atoms with Crippen molar-refractivity contribution in [1.82, 2.24) is 5.48 Å². The van der Waals surface area contributed by atoms with E-state index < -0.39 is 0 Å². The number of hydrogen-bond acceptors (Lipinski definition) is 2. The molecule has 0 fully saturated rings. The van der Waals surface area contributed by atoms with E-state index >= 15 is 0 Å². The molecule has 3 heteroatoms. The van der Waals surface area contributed by atoms with E-state index in [2.05, 4.69) is 17.4 Å². The molecule has 0 aliphatic rings. The van der Waals surface area contributed by atoms with E-state index in [1.165, 1.54) is 7.11 Å². The Balaban J connectivity index is 0. The van der Waals surface area contributed by atoms with Gasteiger partial charge >= 0.3 is 18.9 Å². The molecule has 0 atom stereocenters. The molecular formula is C2H6LiNO. The average Bonchev–Trinajstić information content (AvgIpc) is 1.37. The molecule has 5 heavy (non-hydrogen) atoms. The molecule has 0 saturated heterocycles. The molecule has 0 unspecified atom stereocenters. The van der Waals surface area contributed by atoms with Crippen molar-refractivity contribution in [3.8, 4) is 0 Å². The third-order valence-electron chi connectivity index (χ3n) is 0.144. The van der Waals surface area contributed by atoms with Crippen LogP contribution in [-0.4, -0.2) is 7.11 Å². The summed E-state index contributed by atoms with van der Waals surface area (Å²) < 4.78 is 0. The normalized spacial score (nSPS) is 6.00. The maximum absolute atomic E-state index is 4.18. The minimum Gasteiger partial charge on any atom is -0.354 e. The average molecular weight is 67.0 g/mol. The Kier molecular flexibility index (Phi) is 16.1. The van der Waals surface area contributed by atoms with Crippen LogP contribution < -0.4 is 24.3 Å². The SMILES string of the molecule is [CH2-]NOC.[Li+]. The monoisotopic (exact) mass is 67.1 g/mol. The van der Waals surface area contributed by atoms with Crippen LogP contribution in [0.1, 0.15) is 0 Å². The third kappa shape index (κ3) is 12.4.